The van der Waals surface area contributed by atoms with Gasteiger partial charge in [0.15, 0.2) is 0 Å². The number of carboxylic acid groups (broad SMARTS) is 1. The highest BCUT2D eigenvalue weighted by molar-refractivity contribution is 14.1. The molecule has 4 nitrogen and oxygen atoms in total. The Morgan fingerprint density at radius 2 is 2.31 bits per heavy atom. The largest absolute Gasteiger partial charge is 0.481 e. The van der Waals surface area contributed by atoms with Crippen LogP contribution in [0.4, 0.5) is 8.78 Å². The molecule has 1 aromatic heterocycles. The molecule has 0 atom stereocenters. The lowest BCUT2D eigenvalue weighted by molar-refractivity contribution is -0.136. The molecule has 0 unspecified atom stereocenters. The fourth-order valence-electron chi connectivity index (χ4n) is 1.16. The molecule has 0 amide bonds. The SMILES string of the molecule is COc1cc(C(F)F)c(CC(=O)O)c(I)n1. The maximum Gasteiger partial charge on any atom is 0.307 e. The average molecular weight is 343 g/mol. The van der Waals surface area contributed by atoms with Crippen LogP contribution in [0.5, 0.6) is 5.88 Å². The third-order valence-electron chi connectivity index (χ3n) is 1.86. The number of carboxylic acids is 1. The summed E-state index contributed by atoms with van der Waals surface area (Å²) in [4.78, 5) is 14.4. The number of aliphatic carboxylic acids is 1. The van der Waals surface area contributed by atoms with Crippen LogP contribution in [-0.2, 0) is 11.2 Å². The minimum absolute atomic E-state index is 0.0314. The van der Waals surface area contributed by atoms with E-state index < -0.39 is 18.8 Å². The van der Waals surface area contributed by atoms with E-state index in [1.54, 1.807) is 22.6 Å². The Morgan fingerprint density at radius 3 is 2.75 bits per heavy atom. The van der Waals surface area contributed by atoms with Gasteiger partial charge in [0.2, 0.25) is 5.88 Å². The topological polar surface area (TPSA) is 59.4 Å². The lowest BCUT2D eigenvalue weighted by Gasteiger charge is -2.10. The number of methoxy groups -OCH3 is 1. The molecule has 0 bridgehead atoms. The van der Waals surface area contributed by atoms with Gasteiger partial charge in [-0.1, -0.05) is 0 Å². The van der Waals surface area contributed by atoms with Crippen LogP contribution < -0.4 is 4.74 Å². The van der Waals surface area contributed by atoms with Crippen molar-refractivity contribution in [1.29, 1.82) is 0 Å². The zero-order chi connectivity index (χ0) is 12.3. The van der Waals surface area contributed by atoms with E-state index in [1.165, 1.54) is 7.11 Å². The fourth-order valence-corrected chi connectivity index (χ4v) is 1.90. The fraction of sp³-hybridized carbons (Fsp3) is 0.333. The van der Waals surface area contributed by atoms with Crippen LogP contribution in [0.1, 0.15) is 17.6 Å². The van der Waals surface area contributed by atoms with E-state index >= 15 is 0 Å². The van der Waals surface area contributed by atoms with Crippen LogP contribution in [0.3, 0.4) is 0 Å². The molecule has 7 heteroatoms. The van der Waals surface area contributed by atoms with Gasteiger partial charge in [-0.25, -0.2) is 13.8 Å². The number of carbonyl (C=O) groups is 1. The van der Waals surface area contributed by atoms with Crippen LogP contribution in [-0.4, -0.2) is 23.2 Å². The Bertz CT molecular complexity index is 412. The monoisotopic (exact) mass is 343 g/mol. The molecular formula is C9H8F2INO3. The number of rotatable bonds is 4. The standard InChI is InChI=1S/C9H8F2INO3/c1-16-6-2-4(8(10)11)5(3-7(14)15)9(12)13-6/h2,8H,3H2,1H3,(H,14,15). The van der Waals surface area contributed by atoms with Crippen molar-refractivity contribution >= 4 is 28.6 Å². The Kier molecular flexibility index (Phi) is 4.39. The van der Waals surface area contributed by atoms with Crippen LogP contribution >= 0.6 is 22.6 Å². The third-order valence-corrected chi connectivity index (χ3v) is 2.75. The van der Waals surface area contributed by atoms with E-state index in [-0.39, 0.29) is 20.7 Å². The van der Waals surface area contributed by atoms with Gasteiger partial charge in [0.1, 0.15) is 3.70 Å². The molecule has 1 aromatic rings. The van der Waals surface area contributed by atoms with Crippen molar-refractivity contribution in [2.45, 2.75) is 12.8 Å². The molecule has 1 rings (SSSR count). The van der Waals surface area contributed by atoms with Gasteiger partial charge in [-0.15, -0.1) is 0 Å². The summed E-state index contributed by atoms with van der Waals surface area (Å²) in [5.41, 5.74) is -0.317. The number of ether oxygens (including phenoxy) is 1. The average Bonchev–Trinajstić information content (AvgIpc) is 2.19. The Balaban J connectivity index is 3.27. The first kappa shape index (κ1) is 13.1. The molecule has 0 saturated heterocycles. The number of aromatic nitrogens is 1. The number of halogens is 3. The first-order valence-electron chi connectivity index (χ1n) is 4.19. The predicted molar refractivity (Wildman–Crippen MR) is 59.8 cm³/mol. The molecule has 0 saturated carbocycles. The van der Waals surface area contributed by atoms with Gasteiger partial charge in [-0.2, -0.15) is 0 Å². The third kappa shape index (κ3) is 3.00. The van der Waals surface area contributed by atoms with Gasteiger partial charge < -0.3 is 9.84 Å². The molecule has 0 fully saturated rings. The quantitative estimate of drug-likeness (QED) is 0.673. The lowest BCUT2D eigenvalue weighted by Crippen LogP contribution is -2.08. The van der Waals surface area contributed by atoms with E-state index in [0.29, 0.717) is 0 Å². The van der Waals surface area contributed by atoms with Crippen LogP contribution in [0.2, 0.25) is 0 Å². The summed E-state index contributed by atoms with van der Waals surface area (Å²) in [7, 11) is 1.31. The van der Waals surface area contributed by atoms with Gasteiger partial charge in [-0.3, -0.25) is 4.79 Å². The molecule has 16 heavy (non-hydrogen) atoms. The number of nitrogens with zero attached hydrogens (tertiary/aromatic N) is 1. The molecule has 88 valence electrons. The van der Waals surface area contributed by atoms with Gasteiger partial charge >= 0.3 is 5.97 Å². The van der Waals surface area contributed by atoms with Crippen LogP contribution in [0, 0.1) is 3.70 Å². The molecule has 0 radical (unpaired) electrons. The zero-order valence-corrected chi connectivity index (χ0v) is 10.4. The van der Waals surface area contributed by atoms with Crippen LogP contribution in [0.25, 0.3) is 0 Å². The summed E-state index contributed by atoms with van der Waals surface area (Å²) in [6, 6.07) is 1.06. The van der Waals surface area contributed by atoms with Crippen molar-refractivity contribution in [2.24, 2.45) is 0 Å². The summed E-state index contributed by atoms with van der Waals surface area (Å²) in [6.45, 7) is 0. The van der Waals surface area contributed by atoms with Gasteiger partial charge in [0.25, 0.3) is 6.43 Å². The summed E-state index contributed by atoms with van der Waals surface area (Å²) >= 11 is 1.71. The second-order valence-electron chi connectivity index (χ2n) is 2.89. The van der Waals surface area contributed by atoms with E-state index in [2.05, 4.69) is 4.98 Å². The highest BCUT2D eigenvalue weighted by Crippen LogP contribution is 2.29. The molecule has 0 aromatic carbocycles. The molecule has 0 aliphatic rings. The predicted octanol–water partition coefficient (Wildman–Crippen LogP) is 2.26. The highest BCUT2D eigenvalue weighted by Gasteiger charge is 2.20. The Morgan fingerprint density at radius 1 is 1.69 bits per heavy atom. The summed E-state index contributed by atoms with van der Waals surface area (Å²) in [6.07, 6.45) is -3.23. The van der Waals surface area contributed by atoms with Gasteiger partial charge in [0.05, 0.1) is 13.5 Å². The van der Waals surface area contributed by atoms with Crippen molar-refractivity contribution in [2.75, 3.05) is 7.11 Å². The normalized spacial score (nSPS) is 10.6. The van der Waals surface area contributed by atoms with E-state index in [4.69, 9.17) is 9.84 Å². The minimum Gasteiger partial charge on any atom is -0.481 e. The van der Waals surface area contributed by atoms with Crippen molar-refractivity contribution in [1.82, 2.24) is 4.98 Å². The van der Waals surface area contributed by atoms with Gasteiger partial charge in [-0.05, 0) is 22.6 Å². The van der Waals surface area contributed by atoms with Crippen molar-refractivity contribution in [3.8, 4) is 5.88 Å². The van der Waals surface area contributed by atoms with E-state index in [9.17, 15) is 13.6 Å². The zero-order valence-electron chi connectivity index (χ0n) is 8.21. The van der Waals surface area contributed by atoms with Crippen molar-refractivity contribution in [3.63, 3.8) is 0 Å². The smallest absolute Gasteiger partial charge is 0.307 e. The molecule has 1 heterocycles. The van der Waals surface area contributed by atoms with Crippen LogP contribution in [0.15, 0.2) is 6.07 Å². The van der Waals surface area contributed by atoms with Crippen molar-refractivity contribution in [3.05, 3.63) is 20.9 Å². The molecule has 0 aliphatic carbocycles. The van der Waals surface area contributed by atoms with Crippen molar-refractivity contribution < 1.29 is 23.4 Å². The second-order valence-corrected chi connectivity index (χ2v) is 3.92. The summed E-state index contributed by atoms with van der Waals surface area (Å²) < 4.78 is 30.4. The molecular weight excluding hydrogens is 335 g/mol. The molecule has 0 aliphatic heterocycles. The van der Waals surface area contributed by atoms with E-state index in [0.717, 1.165) is 6.07 Å². The number of pyridine rings is 1. The lowest BCUT2D eigenvalue weighted by atomic mass is 10.1. The first-order valence-corrected chi connectivity index (χ1v) is 5.26. The van der Waals surface area contributed by atoms with Gasteiger partial charge in [0, 0.05) is 17.2 Å². The summed E-state index contributed by atoms with van der Waals surface area (Å²) in [5.74, 6) is -1.12. The van der Waals surface area contributed by atoms with E-state index in [1.807, 2.05) is 0 Å². The minimum atomic E-state index is -2.75. The number of alkyl halides is 2. The highest BCUT2D eigenvalue weighted by atomic mass is 127. The Labute approximate surface area is 104 Å². The Hall–Kier alpha value is -0.990. The molecule has 0 spiro atoms. The summed E-state index contributed by atoms with van der Waals surface area (Å²) in [5, 5.41) is 8.62. The number of hydrogen-bond donors (Lipinski definition) is 1. The number of hydrogen-bond acceptors (Lipinski definition) is 3. The first-order chi connectivity index (χ1) is 7.45. The maximum atomic E-state index is 12.7. The second kappa shape index (κ2) is 5.37. The maximum absolute atomic E-state index is 12.7. The molecule has 1 N–H and O–H groups in total.